The number of carboxylic acids is 1. The van der Waals surface area contributed by atoms with E-state index in [-0.39, 0.29) is 31.0 Å². The van der Waals surface area contributed by atoms with Crippen molar-refractivity contribution >= 4 is 23.1 Å². The van der Waals surface area contributed by atoms with Crippen LogP contribution in [0.2, 0.25) is 0 Å². The Labute approximate surface area is 203 Å². The molecule has 0 aromatic carbocycles. The number of nitrogens with zero attached hydrogens (tertiary/aromatic N) is 5. The highest BCUT2D eigenvalue weighted by molar-refractivity contribution is 7.15. The lowest BCUT2D eigenvalue weighted by molar-refractivity contribution is -0.192. The van der Waals surface area contributed by atoms with E-state index in [4.69, 9.17) is 15.6 Å². The Morgan fingerprint density at radius 3 is 2.39 bits per heavy atom. The van der Waals surface area contributed by atoms with E-state index in [2.05, 4.69) is 10.1 Å². The van der Waals surface area contributed by atoms with Crippen LogP contribution >= 0.6 is 11.3 Å². The van der Waals surface area contributed by atoms with Gasteiger partial charge in [-0.25, -0.2) is 23.6 Å². The van der Waals surface area contributed by atoms with Crippen molar-refractivity contribution in [1.82, 2.24) is 19.3 Å². The number of rotatable bonds is 7. The fraction of sp³-hybridized carbons (Fsp3) is 0.300. The lowest BCUT2D eigenvalue weighted by atomic mass is 10.2. The molecular formula is C20H20F6N6O3S. The zero-order valence-corrected chi connectivity index (χ0v) is 19.6. The van der Waals surface area contributed by atoms with Crippen molar-refractivity contribution in [2.75, 3.05) is 25.5 Å². The molecule has 0 amide bonds. The van der Waals surface area contributed by atoms with Gasteiger partial charge in [0.25, 0.3) is 6.08 Å². The van der Waals surface area contributed by atoms with E-state index in [1.165, 1.54) is 28.3 Å². The zero-order valence-electron chi connectivity index (χ0n) is 18.8. The van der Waals surface area contributed by atoms with Gasteiger partial charge in [-0.1, -0.05) is 0 Å². The summed E-state index contributed by atoms with van der Waals surface area (Å²) in [6.07, 6.45) is -4.11. The first kappa shape index (κ1) is 28.6. The number of carbonyl (C=O) groups is 1. The Morgan fingerprint density at radius 1 is 1.25 bits per heavy atom. The Hall–Kier alpha value is -3.66. The minimum absolute atomic E-state index is 0.217. The number of thiophene rings is 1. The van der Waals surface area contributed by atoms with Crippen LogP contribution in [0.3, 0.4) is 0 Å². The zero-order chi connectivity index (χ0) is 27.2. The second-order valence-electron chi connectivity index (χ2n) is 7.26. The van der Waals surface area contributed by atoms with E-state index >= 15 is 0 Å². The maximum absolute atomic E-state index is 14.2. The molecule has 0 atom stereocenters. The van der Waals surface area contributed by atoms with Crippen molar-refractivity contribution in [1.29, 1.82) is 0 Å². The Kier molecular flexibility index (Phi) is 9.41. The van der Waals surface area contributed by atoms with Crippen LogP contribution in [-0.2, 0) is 17.9 Å². The van der Waals surface area contributed by atoms with Crippen molar-refractivity contribution in [2.24, 2.45) is 5.73 Å². The standard InChI is InChI=1S/C18H19F3N6OS.C2HF3O2/c1-25(2)17-14(19)5-11(7-23-17)15-4-3-13(29-15)9-26-10-24-27(18(26)28)8-12(6-22)16(20)21;3-2(4,5)1(6)7/h3-5,7,10H,6,8-9,22H2,1-2H3;(H,6,7). The van der Waals surface area contributed by atoms with Crippen molar-refractivity contribution in [3.8, 4) is 10.4 Å². The van der Waals surface area contributed by atoms with Crippen LogP contribution in [0.25, 0.3) is 10.4 Å². The van der Waals surface area contributed by atoms with Crippen molar-refractivity contribution in [2.45, 2.75) is 19.3 Å². The van der Waals surface area contributed by atoms with E-state index in [0.29, 0.717) is 5.56 Å². The fourth-order valence-electron chi connectivity index (χ4n) is 2.65. The average Bonchev–Trinajstić information content (AvgIpc) is 3.38. The molecule has 196 valence electrons. The number of alkyl halides is 3. The Balaban J connectivity index is 0.000000572. The van der Waals surface area contributed by atoms with Gasteiger partial charge in [0.15, 0.2) is 11.6 Å². The van der Waals surface area contributed by atoms with Crippen LogP contribution in [0.15, 0.2) is 47.2 Å². The smallest absolute Gasteiger partial charge is 0.475 e. The number of nitrogens with two attached hydrogens (primary N) is 1. The van der Waals surface area contributed by atoms with Gasteiger partial charge >= 0.3 is 17.8 Å². The minimum atomic E-state index is -5.08. The Morgan fingerprint density at radius 2 is 1.89 bits per heavy atom. The van der Waals surface area contributed by atoms with Crippen LogP contribution in [0.5, 0.6) is 0 Å². The quantitative estimate of drug-likeness (QED) is 0.444. The summed E-state index contributed by atoms with van der Waals surface area (Å²) in [5.74, 6) is -2.93. The van der Waals surface area contributed by atoms with Crippen LogP contribution in [0, 0.1) is 5.82 Å². The fourth-order valence-corrected chi connectivity index (χ4v) is 3.64. The number of halogens is 6. The van der Waals surface area contributed by atoms with Gasteiger partial charge in [-0.15, -0.1) is 11.3 Å². The van der Waals surface area contributed by atoms with Gasteiger partial charge in [-0.3, -0.25) is 4.57 Å². The third-order valence-corrected chi connectivity index (χ3v) is 5.53. The van der Waals surface area contributed by atoms with Gasteiger partial charge in [0.2, 0.25) is 0 Å². The highest BCUT2D eigenvalue weighted by Crippen LogP contribution is 2.30. The van der Waals surface area contributed by atoms with E-state index in [1.54, 1.807) is 25.2 Å². The van der Waals surface area contributed by atoms with Gasteiger partial charge < -0.3 is 15.7 Å². The summed E-state index contributed by atoms with van der Waals surface area (Å²) >= 11 is 1.38. The number of aliphatic carboxylic acids is 1. The molecule has 36 heavy (non-hydrogen) atoms. The second-order valence-corrected chi connectivity index (χ2v) is 8.43. The molecule has 0 radical (unpaired) electrons. The number of anilines is 1. The summed E-state index contributed by atoms with van der Waals surface area (Å²) in [5, 5.41) is 11.0. The molecule has 3 aromatic heterocycles. The number of hydrogen-bond donors (Lipinski definition) is 2. The predicted molar refractivity (Wildman–Crippen MR) is 119 cm³/mol. The molecule has 0 spiro atoms. The summed E-state index contributed by atoms with van der Waals surface area (Å²) < 4.78 is 73.7. The number of hydrogen-bond acceptors (Lipinski definition) is 7. The van der Waals surface area contributed by atoms with E-state index in [9.17, 15) is 31.1 Å². The molecule has 0 unspecified atom stereocenters. The summed E-state index contributed by atoms with van der Waals surface area (Å²) in [7, 11) is 3.42. The van der Waals surface area contributed by atoms with Crippen LogP contribution in [-0.4, -0.2) is 57.2 Å². The molecule has 0 aliphatic heterocycles. The molecule has 16 heteroatoms. The topological polar surface area (TPSA) is 119 Å². The molecule has 0 bridgehead atoms. The number of pyridine rings is 1. The molecular weight excluding hydrogens is 518 g/mol. The molecule has 0 fully saturated rings. The van der Waals surface area contributed by atoms with Gasteiger partial charge in [0.1, 0.15) is 6.33 Å². The highest BCUT2D eigenvalue weighted by Gasteiger charge is 2.38. The molecule has 0 aliphatic carbocycles. The molecule has 0 aliphatic rings. The normalized spacial score (nSPS) is 11.0. The largest absolute Gasteiger partial charge is 0.490 e. The first-order valence-corrected chi connectivity index (χ1v) is 10.6. The van der Waals surface area contributed by atoms with E-state index < -0.39 is 29.7 Å². The lowest BCUT2D eigenvalue weighted by Gasteiger charge is -2.12. The minimum Gasteiger partial charge on any atom is -0.475 e. The number of carboxylic acid groups (broad SMARTS) is 1. The van der Waals surface area contributed by atoms with Gasteiger partial charge in [-0.05, 0) is 18.2 Å². The molecule has 3 heterocycles. The monoisotopic (exact) mass is 538 g/mol. The van der Waals surface area contributed by atoms with E-state index in [1.807, 2.05) is 12.1 Å². The molecule has 3 rings (SSSR count). The summed E-state index contributed by atoms with van der Waals surface area (Å²) in [5.41, 5.74) is 5.04. The van der Waals surface area contributed by atoms with Gasteiger partial charge in [0, 0.05) is 47.7 Å². The maximum atomic E-state index is 14.2. The first-order chi connectivity index (χ1) is 16.7. The van der Waals surface area contributed by atoms with Crippen LogP contribution < -0.4 is 16.3 Å². The summed E-state index contributed by atoms with van der Waals surface area (Å²) in [6.45, 7) is -0.494. The third-order valence-electron chi connectivity index (χ3n) is 4.41. The van der Waals surface area contributed by atoms with Gasteiger partial charge in [-0.2, -0.15) is 27.1 Å². The number of aromatic nitrogens is 4. The molecule has 0 saturated heterocycles. The lowest BCUT2D eigenvalue weighted by Crippen LogP contribution is -2.27. The molecule has 9 nitrogen and oxygen atoms in total. The summed E-state index contributed by atoms with van der Waals surface area (Å²) in [6, 6.07) is 5.04. The Bertz CT molecular complexity index is 1290. The van der Waals surface area contributed by atoms with Gasteiger partial charge in [0.05, 0.1) is 13.1 Å². The van der Waals surface area contributed by atoms with Crippen molar-refractivity contribution in [3.63, 3.8) is 0 Å². The highest BCUT2D eigenvalue weighted by atomic mass is 32.1. The third kappa shape index (κ3) is 7.42. The van der Waals surface area contributed by atoms with Crippen LogP contribution in [0.4, 0.5) is 32.2 Å². The molecule has 3 N–H and O–H groups in total. The van der Waals surface area contributed by atoms with Crippen molar-refractivity contribution < 1.29 is 36.2 Å². The summed E-state index contributed by atoms with van der Waals surface area (Å²) in [4.78, 5) is 28.6. The van der Waals surface area contributed by atoms with E-state index in [0.717, 1.165) is 14.4 Å². The van der Waals surface area contributed by atoms with Crippen molar-refractivity contribution in [3.05, 3.63) is 63.6 Å². The first-order valence-electron chi connectivity index (χ1n) is 9.82. The molecule has 0 saturated carbocycles. The van der Waals surface area contributed by atoms with Crippen LogP contribution in [0.1, 0.15) is 4.88 Å². The maximum Gasteiger partial charge on any atom is 0.490 e. The predicted octanol–water partition coefficient (Wildman–Crippen LogP) is 3.16. The molecule has 3 aromatic rings. The second kappa shape index (κ2) is 11.9. The SMILES string of the molecule is CN(C)c1ncc(-c2ccc(Cn3cnn(CC(CN)=C(F)F)c3=O)s2)cc1F.O=C(O)C(F)(F)F. The average molecular weight is 538 g/mol.